The van der Waals surface area contributed by atoms with Crippen molar-refractivity contribution in [3.8, 4) is 0 Å². The Morgan fingerprint density at radius 1 is 1.25 bits per heavy atom. The minimum Gasteiger partial charge on any atom is -0.382 e. The number of hydrogen-bond acceptors (Lipinski definition) is 7. The minimum absolute atomic E-state index is 0.0943. The maximum atomic E-state index is 5.68. The molecule has 0 aliphatic rings. The second-order valence-electron chi connectivity index (χ2n) is 3.14. The van der Waals surface area contributed by atoms with Crippen molar-refractivity contribution in [2.75, 3.05) is 18.1 Å². The summed E-state index contributed by atoms with van der Waals surface area (Å²) >= 11 is 0. The predicted octanol–water partition coefficient (Wildman–Crippen LogP) is 0.121. The van der Waals surface area contributed by atoms with Gasteiger partial charge in [0.1, 0.15) is 0 Å². The third-order valence-electron chi connectivity index (χ3n) is 1.96. The average Bonchev–Trinajstić information content (AvgIpc) is 2.26. The summed E-state index contributed by atoms with van der Waals surface area (Å²) in [6.45, 7) is 2.92. The van der Waals surface area contributed by atoms with Crippen molar-refractivity contribution in [1.29, 1.82) is 0 Å². The number of ether oxygens (including phenoxy) is 1. The molecule has 0 fully saturated rings. The number of hydrogen-bond donors (Lipinski definition) is 2. The predicted molar refractivity (Wildman–Crippen MR) is 59.3 cm³/mol. The molecule has 0 unspecified atom stereocenters. The number of aromatic nitrogens is 4. The van der Waals surface area contributed by atoms with E-state index in [-0.39, 0.29) is 11.8 Å². The average molecular weight is 220 g/mol. The fourth-order valence-corrected chi connectivity index (χ4v) is 1.26. The molecule has 84 valence electrons. The van der Waals surface area contributed by atoms with Crippen LogP contribution in [0.4, 0.5) is 11.8 Å². The molecule has 0 atom stereocenters. The SMILES string of the molecule is CCOCc1cnc2nc(N)nc(N)c2n1. The lowest BCUT2D eigenvalue weighted by molar-refractivity contribution is 0.131. The van der Waals surface area contributed by atoms with Gasteiger partial charge in [0, 0.05) is 6.61 Å². The molecule has 0 aliphatic carbocycles. The highest BCUT2D eigenvalue weighted by Crippen LogP contribution is 2.14. The van der Waals surface area contributed by atoms with E-state index in [4.69, 9.17) is 16.2 Å². The van der Waals surface area contributed by atoms with Crippen LogP contribution in [0.2, 0.25) is 0 Å². The first-order valence-electron chi connectivity index (χ1n) is 4.83. The van der Waals surface area contributed by atoms with Crippen LogP contribution in [0.5, 0.6) is 0 Å². The Morgan fingerprint density at radius 3 is 2.81 bits per heavy atom. The standard InChI is InChI=1S/C9H12N6O/c1-2-16-4-5-3-12-8-6(13-5)7(10)14-9(11)15-8/h3H,2,4H2,1H3,(H4,10,11,12,14,15). The highest BCUT2D eigenvalue weighted by molar-refractivity contribution is 5.81. The molecule has 7 heteroatoms. The molecule has 7 nitrogen and oxygen atoms in total. The van der Waals surface area contributed by atoms with Crippen molar-refractivity contribution in [2.45, 2.75) is 13.5 Å². The molecular weight excluding hydrogens is 208 g/mol. The summed E-state index contributed by atoms with van der Waals surface area (Å²) < 4.78 is 5.22. The van der Waals surface area contributed by atoms with Crippen molar-refractivity contribution in [3.05, 3.63) is 11.9 Å². The maximum Gasteiger partial charge on any atom is 0.224 e. The number of nitrogens with two attached hydrogens (primary N) is 2. The van der Waals surface area contributed by atoms with E-state index < -0.39 is 0 Å². The topological polar surface area (TPSA) is 113 Å². The zero-order valence-corrected chi connectivity index (χ0v) is 8.84. The molecule has 2 aromatic rings. The maximum absolute atomic E-state index is 5.68. The lowest BCUT2D eigenvalue weighted by Crippen LogP contribution is -2.05. The van der Waals surface area contributed by atoms with Crippen LogP contribution in [0.3, 0.4) is 0 Å². The van der Waals surface area contributed by atoms with Gasteiger partial charge < -0.3 is 16.2 Å². The normalized spacial score (nSPS) is 10.8. The van der Waals surface area contributed by atoms with Crippen molar-refractivity contribution in [1.82, 2.24) is 19.9 Å². The summed E-state index contributed by atoms with van der Waals surface area (Å²) in [6, 6.07) is 0. The van der Waals surface area contributed by atoms with Crippen LogP contribution in [0.25, 0.3) is 11.2 Å². The number of nitrogens with zero attached hydrogens (tertiary/aromatic N) is 4. The van der Waals surface area contributed by atoms with Gasteiger partial charge in [0.05, 0.1) is 18.5 Å². The van der Waals surface area contributed by atoms with Gasteiger partial charge in [-0.2, -0.15) is 9.97 Å². The van der Waals surface area contributed by atoms with Gasteiger partial charge in [-0.1, -0.05) is 0 Å². The van der Waals surface area contributed by atoms with E-state index in [0.29, 0.717) is 30.1 Å². The molecule has 4 N–H and O–H groups in total. The first kappa shape index (κ1) is 10.5. The van der Waals surface area contributed by atoms with Crippen LogP contribution < -0.4 is 11.5 Å². The third-order valence-corrected chi connectivity index (χ3v) is 1.96. The van der Waals surface area contributed by atoms with E-state index in [1.165, 1.54) is 0 Å². The van der Waals surface area contributed by atoms with Crippen LogP contribution in [-0.2, 0) is 11.3 Å². The largest absolute Gasteiger partial charge is 0.382 e. The van der Waals surface area contributed by atoms with Crippen LogP contribution in [0.15, 0.2) is 6.20 Å². The Labute approximate surface area is 91.9 Å². The van der Waals surface area contributed by atoms with Gasteiger partial charge in [0.2, 0.25) is 5.95 Å². The minimum atomic E-state index is 0.0943. The molecule has 2 aromatic heterocycles. The summed E-state index contributed by atoms with van der Waals surface area (Å²) in [5.74, 6) is 0.324. The molecule has 0 saturated carbocycles. The molecule has 16 heavy (non-hydrogen) atoms. The van der Waals surface area contributed by atoms with Gasteiger partial charge in [-0.05, 0) is 6.92 Å². The smallest absolute Gasteiger partial charge is 0.224 e. The van der Waals surface area contributed by atoms with E-state index in [2.05, 4.69) is 19.9 Å². The van der Waals surface area contributed by atoms with Gasteiger partial charge in [-0.25, -0.2) is 9.97 Å². The van der Waals surface area contributed by atoms with Gasteiger partial charge >= 0.3 is 0 Å². The Hall–Kier alpha value is -2.02. The zero-order chi connectivity index (χ0) is 11.5. The number of nitrogen functional groups attached to an aromatic ring is 2. The second kappa shape index (κ2) is 4.23. The third kappa shape index (κ3) is 1.98. The van der Waals surface area contributed by atoms with E-state index >= 15 is 0 Å². The summed E-state index contributed by atoms with van der Waals surface area (Å²) in [5, 5.41) is 0. The molecule has 2 heterocycles. The van der Waals surface area contributed by atoms with Crippen LogP contribution in [0, 0.1) is 0 Å². The van der Waals surface area contributed by atoms with Gasteiger partial charge in [-0.15, -0.1) is 0 Å². The first-order valence-corrected chi connectivity index (χ1v) is 4.83. The molecule has 0 amide bonds. The van der Waals surface area contributed by atoms with Gasteiger partial charge in [-0.3, -0.25) is 0 Å². The number of anilines is 2. The summed E-state index contributed by atoms with van der Waals surface area (Å²) in [6.07, 6.45) is 1.59. The van der Waals surface area contributed by atoms with Crippen molar-refractivity contribution in [2.24, 2.45) is 0 Å². The van der Waals surface area contributed by atoms with Crippen LogP contribution in [-0.4, -0.2) is 26.5 Å². The van der Waals surface area contributed by atoms with Crippen molar-refractivity contribution < 1.29 is 4.74 Å². The molecule has 0 aliphatic heterocycles. The second-order valence-corrected chi connectivity index (χ2v) is 3.14. The fraction of sp³-hybridized carbons (Fsp3) is 0.333. The Bertz CT molecular complexity index is 515. The quantitative estimate of drug-likeness (QED) is 0.755. The monoisotopic (exact) mass is 220 g/mol. The molecule has 0 saturated heterocycles. The lowest BCUT2D eigenvalue weighted by atomic mass is 10.4. The molecule has 2 rings (SSSR count). The summed E-state index contributed by atoms with van der Waals surface area (Å²) in [5.41, 5.74) is 12.7. The van der Waals surface area contributed by atoms with Crippen LogP contribution in [0.1, 0.15) is 12.6 Å². The van der Waals surface area contributed by atoms with Crippen molar-refractivity contribution >= 4 is 22.9 Å². The van der Waals surface area contributed by atoms with Crippen LogP contribution >= 0.6 is 0 Å². The van der Waals surface area contributed by atoms with Gasteiger partial charge in [0.15, 0.2) is 17.0 Å². The molecular formula is C9H12N6O. The number of fused-ring (bicyclic) bond motifs is 1. The Kier molecular flexibility index (Phi) is 2.78. The summed E-state index contributed by atoms with van der Waals surface area (Å²) in [7, 11) is 0. The van der Waals surface area contributed by atoms with Gasteiger partial charge in [0.25, 0.3) is 0 Å². The number of rotatable bonds is 3. The van der Waals surface area contributed by atoms with Crippen molar-refractivity contribution in [3.63, 3.8) is 0 Å². The van der Waals surface area contributed by atoms with E-state index in [1.807, 2.05) is 6.92 Å². The molecule has 0 aromatic carbocycles. The zero-order valence-electron chi connectivity index (χ0n) is 8.84. The summed E-state index contributed by atoms with van der Waals surface area (Å²) in [4.78, 5) is 16.1. The fourth-order valence-electron chi connectivity index (χ4n) is 1.26. The van der Waals surface area contributed by atoms with E-state index in [0.717, 1.165) is 0 Å². The molecule has 0 spiro atoms. The molecule has 0 radical (unpaired) electrons. The first-order chi connectivity index (χ1) is 7.70. The lowest BCUT2D eigenvalue weighted by Gasteiger charge is -2.04. The Morgan fingerprint density at radius 2 is 2.06 bits per heavy atom. The Balaban J connectivity index is 2.45. The molecule has 0 bridgehead atoms. The van der Waals surface area contributed by atoms with E-state index in [1.54, 1.807) is 6.20 Å². The highest BCUT2D eigenvalue weighted by atomic mass is 16.5. The van der Waals surface area contributed by atoms with E-state index in [9.17, 15) is 0 Å². The highest BCUT2D eigenvalue weighted by Gasteiger charge is 2.07.